The molecule has 5 heteroatoms. The van der Waals surface area contributed by atoms with Gasteiger partial charge in [-0.05, 0) is 24.3 Å². The number of halogens is 2. The van der Waals surface area contributed by atoms with Crippen LogP contribution in [0.2, 0.25) is 5.02 Å². The van der Waals surface area contributed by atoms with E-state index in [4.69, 9.17) is 21.8 Å². The topological polar surface area (TPSA) is 59.4 Å². The van der Waals surface area contributed by atoms with Crippen LogP contribution in [-0.2, 0) is 0 Å². The lowest BCUT2D eigenvalue weighted by molar-refractivity contribution is 0.120. The molecule has 0 aliphatic rings. The molecule has 1 aromatic heterocycles. The largest absolute Gasteiger partial charge is 0.467 e. The number of aliphatic hydroxyl groups excluding tert-OH is 1. The summed E-state index contributed by atoms with van der Waals surface area (Å²) in [6, 6.07) is 7.63. The second kappa shape index (κ2) is 5.52. The minimum atomic E-state index is -1.03. The molecule has 0 aliphatic heterocycles. The second-order valence-corrected chi connectivity index (χ2v) is 4.34. The first-order valence-electron chi connectivity index (χ1n) is 5.50. The lowest BCUT2D eigenvalue weighted by Gasteiger charge is -2.21. The van der Waals surface area contributed by atoms with E-state index in [1.165, 1.54) is 18.4 Å². The second-order valence-electron chi connectivity index (χ2n) is 3.94. The summed E-state index contributed by atoms with van der Waals surface area (Å²) in [5.74, 6) is -0.793. The zero-order chi connectivity index (χ0) is 13.1. The summed E-state index contributed by atoms with van der Waals surface area (Å²) in [5.41, 5.74) is 5.84. The van der Waals surface area contributed by atoms with Gasteiger partial charge >= 0.3 is 0 Å². The Labute approximate surface area is 109 Å². The van der Waals surface area contributed by atoms with Crippen LogP contribution in [-0.4, -0.2) is 11.7 Å². The van der Waals surface area contributed by atoms with Gasteiger partial charge in [-0.25, -0.2) is 4.39 Å². The van der Waals surface area contributed by atoms with Crippen molar-refractivity contribution in [2.24, 2.45) is 5.73 Å². The number of rotatable bonds is 4. The van der Waals surface area contributed by atoms with E-state index in [1.54, 1.807) is 18.2 Å². The lowest BCUT2D eigenvalue weighted by atomic mass is 9.91. The zero-order valence-corrected chi connectivity index (χ0v) is 10.3. The Morgan fingerprint density at radius 1 is 1.33 bits per heavy atom. The Hall–Kier alpha value is -1.36. The molecule has 1 heterocycles. The van der Waals surface area contributed by atoms with Crippen LogP contribution in [0, 0.1) is 5.82 Å². The van der Waals surface area contributed by atoms with Crippen LogP contribution < -0.4 is 5.73 Å². The predicted octanol–water partition coefficient (Wildman–Crippen LogP) is 2.85. The molecule has 3 N–H and O–H groups in total. The first-order valence-corrected chi connectivity index (χ1v) is 5.88. The van der Waals surface area contributed by atoms with E-state index in [2.05, 4.69) is 0 Å². The minimum Gasteiger partial charge on any atom is -0.467 e. The average molecular weight is 270 g/mol. The standard InChI is InChI=1S/C13H13ClFNO2/c14-9-3-1-4-10(15)12(9)8(7-16)13(17)11-5-2-6-18-11/h1-6,8,13,17H,7,16H2. The van der Waals surface area contributed by atoms with Gasteiger partial charge in [0.1, 0.15) is 17.7 Å². The van der Waals surface area contributed by atoms with Crippen LogP contribution in [0.5, 0.6) is 0 Å². The van der Waals surface area contributed by atoms with E-state index < -0.39 is 17.8 Å². The highest BCUT2D eigenvalue weighted by atomic mass is 35.5. The number of nitrogens with two attached hydrogens (primary N) is 1. The molecule has 96 valence electrons. The summed E-state index contributed by atoms with van der Waals surface area (Å²) in [6.45, 7) is 0.0581. The van der Waals surface area contributed by atoms with Gasteiger partial charge in [0.25, 0.3) is 0 Å². The molecule has 2 atom stereocenters. The summed E-state index contributed by atoms with van der Waals surface area (Å²) in [4.78, 5) is 0. The molecule has 0 saturated carbocycles. The Kier molecular flexibility index (Phi) is 4.01. The Balaban J connectivity index is 2.40. The zero-order valence-electron chi connectivity index (χ0n) is 9.51. The van der Waals surface area contributed by atoms with Gasteiger partial charge in [-0.3, -0.25) is 0 Å². The van der Waals surface area contributed by atoms with Crippen molar-refractivity contribution in [2.45, 2.75) is 12.0 Å². The third-order valence-electron chi connectivity index (χ3n) is 2.84. The molecular formula is C13H13ClFNO2. The first-order chi connectivity index (χ1) is 8.65. The van der Waals surface area contributed by atoms with E-state index in [-0.39, 0.29) is 17.1 Å². The number of hydrogen-bond acceptors (Lipinski definition) is 3. The number of benzene rings is 1. The molecule has 2 aromatic rings. The van der Waals surface area contributed by atoms with Crippen LogP contribution in [0.15, 0.2) is 41.0 Å². The molecule has 0 radical (unpaired) electrons. The van der Waals surface area contributed by atoms with Gasteiger partial charge in [0, 0.05) is 23.0 Å². The van der Waals surface area contributed by atoms with Gasteiger partial charge in [0.15, 0.2) is 0 Å². The van der Waals surface area contributed by atoms with E-state index >= 15 is 0 Å². The summed E-state index contributed by atoms with van der Waals surface area (Å²) in [5, 5.41) is 10.4. The van der Waals surface area contributed by atoms with Gasteiger partial charge in [0.2, 0.25) is 0 Å². The number of aliphatic hydroxyl groups is 1. The molecule has 2 unspecified atom stereocenters. The number of furan rings is 1. The maximum Gasteiger partial charge on any atom is 0.132 e. The Morgan fingerprint density at radius 3 is 2.67 bits per heavy atom. The van der Waals surface area contributed by atoms with Crippen molar-refractivity contribution in [2.75, 3.05) is 6.54 Å². The molecule has 0 fully saturated rings. The quantitative estimate of drug-likeness (QED) is 0.897. The van der Waals surface area contributed by atoms with Gasteiger partial charge in [-0.1, -0.05) is 17.7 Å². The molecule has 18 heavy (non-hydrogen) atoms. The van der Waals surface area contributed by atoms with Crippen molar-refractivity contribution in [1.29, 1.82) is 0 Å². The van der Waals surface area contributed by atoms with E-state index in [0.717, 1.165) is 0 Å². The average Bonchev–Trinajstić information content (AvgIpc) is 2.87. The Morgan fingerprint density at radius 2 is 2.11 bits per heavy atom. The molecule has 0 saturated heterocycles. The van der Waals surface area contributed by atoms with Crippen LogP contribution in [0.1, 0.15) is 23.3 Å². The maximum atomic E-state index is 13.8. The molecule has 2 rings (SSSR count). The van der Waals surface area contributed by atoms with Crippen molar-refractivity contribution in [3.05, 3.63) is 58.8 Å². The third-order valence-corrected chi connectivity index (χ3v) is 3.17. The predicted molar refractivity (Wildman–Crippen MR) is 66.9 cm³/mol. The molecule has 0 aliphatic carbocycles. The van der Waals surface area contributed by atoms with Gasteiger partial charge in [-0.15, -0.1) is 0 Å². The third kappa shape index (κ3) is 2.41. The van der Waals surface area contributed by atoms with Gasteiger partial charge in [-0.2, -0.15) is 0 Å². The van der Waals surface area contributed by atoms with Crippen LogP contribution in [0.4, 0.5) is 4.39 Å². The molecular weight excluding hydrogens is 257 g/mol. The summed E-state index contributed by atoms with van der Waals surface area (Å²) < 4.78 is 18.9. The van der Waals surface area contributed by atoms with E-state index in [0.29, 0.717) is 5.76 Å². The van der Waals surface area contributed by atoms with Crippen molar-refractivity contribution in [1.82, 2.24) is 0 Å². The highest BCUT2D eigenvalue weighted by Crippen LogP contribution is 2.35. The Bertz CT molecular complexity index is 495. The summed E-state index contributed by atoms with van der Waals surface area (Å²) in [6.07, 6.45) is 0.411. The van der Waals surface area contributed by atoms with Gasteiger partial charge < -0.3 is 15.3 Å². The molecule has 1 aromatic carbocycles. The maximum absolute atomic E-state index is 13.8. The monoisotopic (exact) mass is 269 g/mol. The van der Waals surface area contributed by atoms with E-state index in [1.807, 2.05) is 0 Å². The molecule has 3 nitrogen and oxygen atoms in total. The molecule has 0 spiro atoms. The van der Waals surface area contributed by atoms with Crippen molar-refractivity contribution >= 4 is 11.6 Å². The SMILES string of the molecule is NCC(c1c(F)cccc1Cl)C(O)c1ccco1. The van der Waals surface area contributed by atoms with Gasteiger partial charge in [0.05, 0.1) is 6.26 Å². The fourth-order valence-corrected chi connectivity index (χ4v) is 2.23. The first kappa shape index (κ1) is 13.1. The normalized spacial score (nSPS) is 14.4. The van der Waals surface area contributed by atoms with Crippen molar-refractivity contribution in [3.63, 3.8) is 0 Å². The van der Waals surface area contributed by atoms with Crippen molar-refractivity contribution in [3.8, 4) is 0 Å². The highest BCUT2D eigenvalue weighted by molar-refractivity contribution is 6.31. The van der Waals surface area contributed by atoms with Crippen LogP contribution in [0.25, 0.3) is 0 Å². The summed E-state index contributed by atoms with van der Waals surface area (Å²) >= 11 is 5.97. The minimum absolute atomic E-state index is 0.0581. The fraction of sp³-hybridized carbons (Fsp3) is 0.231. The van der Waals surface area contributed by atoms with Crippen molar-refractivity contribution < 1.29 is 13.9 Å². The molecule has 0 amide bonds. The van der Waals surface area contributed by atoms with Crippen LogP contribution in [0.3, 0.4) is 0 Å². The van der Waals surface area contributed by atoms with Crippen LogP contribution >= 0.6 is 11.6 Å². The smallest absolute Gasteiger partial charge is 0.132 e. The summed E-state index contributed by atoms with van der Waals surface area (Å²) in [7, 11) is 0. The number of hydrogen-bond donors (Lipinski definition) is 2. The highest BCUT2D eigenvalue weighted by Gasteiger charge is 2.27. The van der Waals surface area contributed by atoms with E-state index in [9.17, 15) is 9.50 Å². The molecule has 0 bridgehead atoms. The fourth-order valence-electron chi connectivity index (χ4n) is 1.93. The lowest BCUT2D eigenvalue weighted by Crippen LogP contribution is -2.21.